The molecular formula is C17H24BrNO. The second-order valence-electron chi connectivity index (χ2n) is 6.43. The van der Waals surface area contributed by atoms with Crippen LogP contribution in [0, 0.1) is 11.8 Å². The summed E-state index contributed by atoms with van der Waals surface area (Å²) < 4.78 is 7.05. The van der Waals surface area contributed by atoms with E-state index in [1.165, 1.54) is 34.9 Å². The zero-order valence-corrected chi connectivity index (χ0v) is 14.0. The summed E-state index contributed by atoms with van der Waals surface area (Å²) >= 11 is 3.64. The molecule has 1 N–H and O–H groups in total. The Morgan fingerprint density at radius 3 is 2.95 bits per heavy atom. The Morgan fingerprint density at radius 1 is 1.40 bits per heavy atom. The Labute approximate surface area is 130 Å². The van der Waals surface area contributed by atoms with E-state index in [0.717, 1.165) is 37.0 Å². The maximum atomic E-state index is 5.87. The van der Waals surface area contributed by atoms with Crippen LogP contribution in [0.5, 0.6) is 5.75 Å². The minimum absolute atomic E-state index is 0.572. The fraction of sp³-hybridized carbons (Fsp3) is 0.647. The molecule has 3 atom stereocenters. The SMILES string of the molecule is CNC(Cc1cc(Br)cc2c1OCC2)C1CCC(C)C1. The number of benzene rings is 1. The summed E-state index contributed by atoms with van der Waals surface area (Å²) in [4.78, 5) is 0. The molecule has 0 radical (unpaired) electrons. The van der Waals surface area contributed by atoms with E-state index in [-0.39, 0.29) is 0 Å². The van der Waals surface area contributed by atoms with Crippen molar-refractivity contribution in [3.05, 3.63) is 27.7 Å². The fourth-order valence-corrected chi connectivity index (χ4v) is 4.41. The molecule has 3 unspecified atom stereocenters. The second-order valence-corrected chi connectivity index (χ2v) is 7.34. The summed E-state index contributed by atoms with van der Waals surface area (Å²) in [5.74, 6) is 2.85. The van der Waals surface area contributed by atoms with E-state index in [4.69, 9.17) is 4.74 Å². The van der Waals surface area contributed by atoms with Crippen molar-refractivity contribution in [2.75, 3.05) is 13.7 Å². The molecule has 0 amide bonds. The van der Waals surface area contributed by atoms with Gasteiger partial charge in [0.25, 0.3) is 0 Å². The molecule has 1 aliphatic heterocycles. The van der Waals surface area contributed by atoms with E-state index in [9.17, 15) is 0 Å². The molecule has 1 fully saturated rings. The molecule has 2 nitrogen and oxygen atoms in total. The van der Waals surface area contributed by atoms with E-state index in [1.54, 1.807) is 0 Å². The van der Waals surface area contributed by atoms with Crippen LogP contribution in [-0.4, -0.2) is 19.7 Å². The zero-order chi connectivity index (χ0) is 14.1. The van der Waals surface area contributed by atoms with Gasteiger partial charge in [-0.25, -0.2) is 0 Å². The summed E-state index contributed by atoms with van der Waals surface area (Å²) in [6, 6.07) is 5.02. The third-order valence-electron chi connectivity index (χ3n) is 4.94. The van der Waals surface area contributed by atoms with E-state index in [2.05, 4.69) is 47.4 Å². The topological polar surface area (TPSA) is 21.3 Å². The maximum Gasteiger partial charge on any atom is 0.125 e. The second kappa shape index (κ2) is 6.07. The van der Waals surface area contributed by atoms with E-state index in [1.807, 2.05) is 0 Å². The smallest absolute Gasteiger partial charge is 0.125 e. The monoisotopic (exact) mass is 337 g/mol. The van der Waals surface area contributed by atoms with Crippen LogP contribution in [0.25, 0.3) is 0 Å². The zero-order valence-electron chi connectivity index (χ0n) is 12.4. The van der Waals surface area contributed by atoms with Gasteiger partial charge in [-0.2, -0.15) is 0 Å². The minimum Gasteiger partial charge on any atom is -0.493 e. The lowest BCUT2D eigenvalue weighted by molar-refractivity contribution is 0.340. The van der Waals surface area contributed by atoms with Crippen LogP contribution in [0.3, 0.4) is 0 Å². The van der Waals surface area contributed by atoms with Gasteiger partial charge in [0.2, 0.25) is 0 Å². The highest BCUT2D eigenvalue weighted by atomic mass is 79.9. The molecule has 0 saturated heterocycles. The van der Waals surface area contributed by atoms with Crippen molar-refractivity contribution in [3.63, 3.8) is 0 Å². The van der Waals surface area contributed by atoms with Crippen molar-refractivity contribution >= 4 is 15.9 Å². The highest BCUT2D eigenvalue weighted by molar-refractivity contribution is 9.10. The van der Waals surface area contributed by atoms with Crippen molar-refractivity contribution in [2.45, 2.75) is 45.1 Å². The third kappa shape index (κ3) is 2.89. The van der Waals surface area contributed by atoms with Crippen LogP contribution in [0.15, 0.2) is 16.6 Å². The third-order valence-corrected chi connectivity index (χ3v) is 5.40. The first-order chi connectivity index (χ1) is 9.67. The molecule has 3 rings (SSSR count). The first-order valence-electron chi connectivity index (χ1n) is 7.78. The van der Waals surface area contributed by atoms with Crippen LogP contribution in [0.2, 0.25) is 0 Å². The Morgan fingerprint density at radius 2 is 2.25 bits per heavy atom. The van der Waals surface area contributed by atoms with Gasteiger partial charge in [0.15, 0.2) is 0 Å². The lowest BCUT2D eigenvalue weighted by atomic mass is 9.90. The van der Waals surface area contributed by atoms with Gasteiger partial charge in [0.1, 0.15) is 5.75 Å². The molecule has 0 bridgehead atoms. The number of ether oxygens (including phenoxy) is 1. The van der Waals surface area contributed by atoms with Crippen LogP contribution < -0.4 is 10.1 Å². The van der Waals surface area contributed by atoms with Gasteiger partial charge in [0.05, 0.1) is 6.61 Å². The molecule has 1 saturated carbocycles. The van der Waals surface area contributed by atoms with Crippen molar-refractivity contribution in [2.24, 2.45) is 11.8 Å². The summed E-state index contributed by atoms with van der Waals surface area (Å²) in [7, 11) is 2.10. The van der Waals surface area contributed by atoms with Gasteiger partial charge >= 0.3 is 0 Å². The quantitative estimate of drug-likeness (QED) is 0.898. The average molecular weight is 338 g/mol. The summed E-state index contributed by atoms with van der Waals surface area (Å²) in [5.41, 5.74) is 2.73. The molecule has 110 valence electrons. The normalized spacial score (nSPS) is 26.4. The molecule has 1 aliphatic carbocycles. The lowest BCUT2D eigenvalue weighted by Crippen LogP contribution is -2.34. The van der Waals surface area contributed by atoms with Gasteiger partial charge in [-0.3, -0.25) is 0 Å². The van der Waals surface area contributed by atoms with Gasteiger partial charge in [-0.05, 0) is 61.4 Å². The minimum atomic E-state index is 0.572. The van der Waals surface area contributed by atoms with Crippen molar-refractivity contribution in [1.82, 2.24) is 5.32 Å². The van der Waals surface area contributed by atoms with Crippen LogP contribution >= 0.6 is 15.9 Å². The fourth-order valence-electron chi connectivity index (χ4n) is 3.86. The summed E-state index contributed by atoms with van der Waals surface area (Å²) in [6.45, 7) is 3.22. The van der Waals surface area contributed by atoms with Crippen LogP contribution in [-0.2, 0) is 12.8 Å². The first-order valence-corrected chi connectivity index (χ1v) is 8.58. The van der Waals surface area contributed by atoms with E-state index in [0.29, 0.717) is 6.04 Å². The highest BCUT2D eigenvalue weighted by Gasteiger charge is 2.29. The number of halogens is 1. The molecule has 0 aromatic heterocycles. The number of rotatable bonds is 4. The predicted octanol–water partition coefficient (Wildman–Crippen LogP) is 3.95. The summed E-state index contributed by atoms with van der Waals surface area (Å²) in [5, 5.41) is 3.55. The van der Waals surface area contributed by atoms with Gasteiger partial charge in [-0.15, -0.1) is 0 Å². The number of likely N-dealkylation sites (N-methyl/N-ethyl adjacent to an activating group) is 1. The molecule has 1 heterocycles. The number of nitrogens with one attached hydrogen (secondary N) is 1. The van der Waals surface area contributed by atoms with E-state index >= 15 is 0 Å². The predicted molar refractivity (Wildman–Crippen MR) is 86.4 cm³/mol. The Bertz CT molecular complexity index is 488. The number of hydrogen-bond donors (Lipinski definition) is 1. The molecule has 3 heteroatoms. The van der Waals surface area contributed by atoms with Gasteiger partial charge in [0, 0.05) is 16.9 Å². The number of hydrogen-bond acceptors (Lipinski definition) is 2. The Kier molecular flexibility index (Phi) is 4.37. The molecule has 20 heavy (non-hydrogen) atoms. The Balaban J connectivity index is 1.79. The van der Waals surface area contributed by atoms with Crippen molar-refractivity contribution in [3.8, 4) is 5.75 Å². The molecular weight excluding hydrogens is 314 g/mol. The van der Waals surface area contributed by atoms with Gasteiger partial charge < -0.3 is 10.1 Å². The van der Waals surface area contributed by atoms with E-state index < -0.39 is 0 Å². The largest absolute Gasteiger partial charge is 0.493 e. The maximum absolute atomic E-state index is 5.87. The Hall–Kier alpha value is -0.540. The standard InChI is InChI=1S/C17H24BrNO/c1-11-3-4-12(7-11)16(19-2)10-14-9-15(18)8-13-5-6-20-17(13)14/h8-9,11-12,16,19H,3-7,10H2,1-2H3. The molecule has 1 aromatic carbocycles. The average Bonchev–Trinajstić information content (AvgIpc) is 3.04. The van der Waals surface area contributed by atoms with Gasteiger partial charge in [-0.1, -0.05) is 29.3 Å². The molecule has 1 aromatic rings. The molecule has 2 aliphatic rings. The van der Waals surface area contributed by atoms with Crippen molar-refractivity contribution < 1.29 is 4.74 Å². The summed E-state index contributed by atoms with van der Waals surface area (Å²) in [6.07, 6.45) is 6.24. The van der Waals surface area contributed by atoms with Crippen molar-refractivity contribution in [1.29, 1.82) is 0 Å². The highest BCUT2D eigenvalue weighted by Crippen LogP contribution is 2.37. The molecule has 0 spiro atoms. The number of fused-ring (bicyclic) bond motifs is 1. The van der Waals surface area contributed by atoms with Crippen LogP contribution in [0.1, 0.15) is 37.3 Å². The lowest BCUT2D eigenvalue weighted by Gasteiger charge is -2.24. The first kappa shape index (κ1) is 14.4. The van der Waals surface area contributed by atoms with Crippen LogP contribution in [0.4, 0.5) is 0 Å².